The smallest absolute Gasteiger partial charge is 0.358 e. The summed E-state index contributed by atoms with van der Waals surface area (Å²) in [5, 5.41) is 27.6. The molecule has 0 amide bonds. The van der Waals surface area contributed by atoms with Crippen LogP contribution in [0, 0.1) is 18.3 Å². The highest BCUT2D eigenvalue weighted by Gasteiger charge is 2.08. The highest BCUT2D eigenvalue weighted by molar-refractivity contribution is 5.84. The number of carboxylic acids is 1. The molecular formula is C11H11N7O2. The average molecular weight is 273 g/mol. The van der Waals surface area contributed by atoms with E-state index in [2.05, 4.69) is 25.6 Å². The summed E-state index contributed by atoms with van der Waals surface area (Å²) in [6.07, 6.45) is 1.34. The Bertz CT molecular complexity index is 674. The molecule has 0 bridgehead atoms. The van der Waals surface area contributed by atoms with Crippen molar-refractivity contribution < 1.29 is 9.90 Å². The minimum absolute atomic E-state index is 0.108. The Morgan fingerprint density at radius 1 is 1.55 bits per heavy atom. The van der Waals surface area contributed by atoms with Gasteiger partial charge >= 0.3 is 5.97 Å². The number of aromatic carboxylic acids is 1. The number of aromatic nitrogens is 5. The van der Waals surface area contributed by atoms with Gasteiger partial charge in [0.25, 0.3) is 0 Å². The second kappa shape index (κ2) is 5.75. The van der Waals surface area contributed by atoms with E-state index >= 15 is 0 Å². The highest BCUT2D eigenvalue weighted by Crippen LogP contribution is 2.03. The molecule has 0 aliphatic heterocycles. The minimum atomic E-state index is -1.12. The summed E-state index contributed by atoms with van der Waals surface area (Å²) in [6, 6.07) is 3.53. The lowest BCUT2D eigenvalue weighted by Gasteiger charge is -2.05. The van der Waals surface area contributed by atoms with Crippen LogP contribution in [-0.4, -0.2) is 42.6 Å². The zero-order chi connectivity index (χ0) is 14.5. The molecule has 0 fully saturated rings. The van der Waals surface area contributed by atoms with Crippen LogP contribution < -0.4 is 5.32 Å². The Balaban J connectivity index is 1.94. The number of nitrogens with one attached hydrogen (secondary N) is 1. The zero-order valence-corrected chi connectivity index (χ0v) is 10.6. The maximum Gasteiger partial charge on any atom is 0.358 e. The second-order valence-corrected chi connectivity index (χ2v) is 3.93. The fraction of sp³-hybridized carbons (Fsp3) is 0.273. The lowest BCUT2D eigenvalue weighted by molar-refractivity contribution is 0.0690. The van der Waals surface area contributed by atoms with Crippen LogP contribution in [0.1, 0.15) is 21.9 Å². The van der Waals surface area contributed by atoms with Gasteiger partial charge in [0.2, 0.25) is 5.95 Å². The van der Waals surface area contributed by atoms with E-state index in [4.69, 9.17) is 10.4 Å². The molecule has 9 nitrogen and oxygen atoms in total. The quantitative estimate of drug-likeness (QED) is 0.782. The van der Waals surface area contributed by atoms with Crippen molar-refractivity contribution in [3.63, 3.8) is 0 Å². The van der Waals surface area contributed by atoms with E-state index in [1.54, 1.807) is 13.0 Å². The number of hydrogen-bond acceptors (Lipinski definition) is 7. The average Bonchev–Trinajstić information content (AvgIpc) is 2.87. The van der Waals surface area contributed by atoms with Gasteiger partial charge in [0.05, 0.1) is 12.7 Å². The maximum atomic E-state index is 10.6. The van der Waals surface area contributed by atoms with Crippen molar-refractivity contribution in [1.29, 1.82) is 5.26 Å². The summed E-state index contributed by atoms with van der Waals surface area (Å²) >= 11 is 0. The fourth-order valence-corrected chi connectivity index (χ4v) is 1.49. The van der Waals surface area contributed by atoms with Gasteiger partial charge in [0.1, 0.15) is 11.8 Å². The third-order valence-electron chi connectivity index (χ3n) is 2.35. The summed E-state index contributed by atoms with van der Waals surface area (Å²) in [4.78, 5) is 18.8. The van der Waals surface area contributed by atoms with Crippen LogP contribution in [-0.2, 0) is 6.54 Å². The molecule has 102 valence electrons. The van der Waals surface area contributed by atoms with E-state index in [0.717, 1.165) is 0 Å². The monoisotopic (exact) mass is 273 g/mol. The number of carboxylic acid groups (broad SMARTS) is 1. The zero-order valence-electron chi connectivity index (χ0n) is 10.6. The third-order valence-corrected chi connectivity index (χ3v) is 2.35. The molecular weight excluding hydrogens is 262 g/mol. The van der Waals surface area contributed by atoms with Gasteiger partial charge in [0, 0.05) is 12.2 Å². The number of aryl methyl sites for hydroxylation is 1. The van der Waals surface area contributed by atoms with Gasteiger partial charge in [-0.05, 0) is 13.0 Å². The molecule has 0 aliphatic rings. The van der Waals surface area contributed by atoms with Gasteiger partial charge in [0.15, 0.2) is 5.69 Å². The highest BCUT2D eigenvalue weighted by atomic mass is 16.4. The first-order chi connectivity index (χ1) is 9.58. The number of nitriles is 1. The van der Waals surface area contributed by atoms with Gasteiger partial charge in [-0.3, -0.25) is 0 Å². The van der Waals surface area contributed by atoms with Gasteiger partial charge < -0.3 is 10.4 Å². The van der Waals surface area contributed by atoms with Crippen molar-refractivity contribution in [3.8, 4) is 6.07 Å². The van der Waals surface area contributed by atoms with Gasteiger partial charge in [-0.1, -0.05) is 5.21 Å². The second-order valence-electron chi connectivity index (χ2n) is 3.93. The molecule has 2 aromatic heterocycles. The first-order valence-electron chi connectivity index (χ1n) is 5.71. The maximum absolute atomic E-state index is 10.6. The van der Waals surface area contributed by atoms with Crippen LogP contribution in [0.25, 0.3) is 0 Å². The molecule has 20 heavy (non-hydrogen) atoms. The molecule has 2 N–H and O–H groups in total. The molecule has 2 heterocycles. The SMILES string of the molecule is Cc1cc(C#N)nc(NCCn2cc(C(=O)O)nn2)n1. The molecule has 9 heteroatoms. The van der Waals surface area contributed by atoms with E-state index in [1.165, 1.54) is 10.9 Å². The standard InChI is InChI=1S/C11H11N7O2/c1-7-4-8(5-12)15-11(14-7)13-2-3-18-6-9(10(19)20)16-17-18/h4,6H,2-3H2,1H3,(H,19,20)(H,13,14,15). The predicted octanol–water partition coefficient (Wildman–Crippen LogP) is 0.0585. The number of rotatable bonds is 5. The van der Waals surface area contributed by atoms with E-state index in [0.29, 0.717) is 24.7 Å². The van der Waals surface area contributed by atoms with E-state index in [1.807, 2.05) is 6.07 Å². The Morgan fingerprint density at radius 3 is 3.00 bits per heavy atom. The summed E-state index contributed by atoms with van der Waals surface area (Å²) in [7, 11) is 0. The van der Waals surface area contributed by atoms with Crippen molar-refractivity contribution >= 4 is 11.9 Å². The van der Waals surface area contributed by atoms with Gasteiger partial charge in [-0.15, -0.1) is 5.10 Å². The van der Waals surface area contributed by atoms with Crippen molar-refractivity contribution in [2.24, 2.45) is 0 Å². The van der Waals surface area contributed by atoms with Crippen LogP contribution in [0.15, 0.2) is 12.3 Å². The Labute approximate surface area is 113 Å². The molecule has 2 aromatic rings. The number of carbonyl (C=O) groups is 1. The van der Waals surface area contributed by atoms with E-state index in [9.17, 15) is 4.79 Å². The van der Waals surface area contributed by atoms with E-state index in [-0.39, 0.29) is 11.4 Å². The Morgan fingerprint density at radius 2 is 2.35 bits per heavy atom. The van der Waals surface area contributed by atoms with E-state index < -0.39 is 5.97 Å². The fourth-order valence-electron chi connectivity index (χ4n) is 1.49. The number of hydrogen-bond donors (Lipinski definition) is 2. The molecule has 0 aromatic carbocycles. The predicted molar refractivity (Wildman–Crippen MR) is 67.0 cm³/mol. The lowest BCUT2D eigenvalue weighted by atomic mass is 10.3. The molecule has 0 spiro atoms. The van der Waals surface area contributed by atoms with Crippen LogP contribution >= 0.6 is 0 Å². The molecule has 0 aliphatic carbocycles. The van der Waals surface area contributed by atoms with Crippen LogP contribution in [0.4, 0.5) is 5.95 Å². The van der Waals surface area contributed by atoms with Gasteiger partial charge in [-0.25, -0.2) is 19.4 Å². The number of anilines is 1. The first kappa shape index (κ1) is 13.4. The Kier molecular flexibility index (Phi) is 3.85. The van der Waals surface area contributed by atoms with Crippen LogP contribution in [0.3, 0.4) is 0 Å². The molecule has 2 rings (SSSR count). The molecule has 0 atom stereocenters. The topological polar surface area (TPSA) is 130 Å². The largest absolute Gasteiger partial charge is 0.476 e. The molecule has 0 saturated heterocycles. The summed E-state index contributed by atoms with van der Waals surface area (Å²) in [5.41, 5.74) is 0.866. The van der Waals surface area contributed by atoms with Crippen molar-refractivity contribution in [1.82, 2.24) is 25.0 Å². The molecule has 0 saturated carbocycles. The van der Waals surface area contributed by atoms with Gasteiger partial charge in [-0.2, -0.15) is 5.26 Å². The molecule has 0 radical (unpaired) electrons. The van der Waals surface area contributed by atoms with Crippen molar-refractivity contribution in [2.75, 3.05) is 11.9 Å². The van der Waals surface area contributed by atoms with Crippen molar-refractivity contribution in [2.45, 2.75) is 13.5 Å². The van der Waals surface area contributed by atoms with Crippen LogP contribution in [0.2, 0.25) is 0 Å². The minimum Gasteiger partial charge on any atom is -0.476 e. The Hall–Kier alpha value is -3.02. The summed E-state index contributed by atoms with van der Waals surface area (Å²) < 4.78 is 1.40. The van der Waals surface area contributed by atoms with Crippen LogP contribution in [0.5, 0.6) is 0 Å². The normalized spacial score (nSPS) is 10.0. The third kappa shape index (κ3) is 3.26. The summed E-state index contributed by atoms with van der Waals surface area (Å²) in [6.45, 7) is 2.60. The summed E-state index contributed by atoms with van der Waals surface area (Å²) in [5.74, 6) is -0.773. The lowest BCUT2D eigenvalue weighted by Crippen LogP contribution is -2.13. The number of nitrogens with zero attached hydrogens (tertiary/aromatic N) is 6. The molecule has 0 unspecified atom stereocenters. The van der Waals surface area contributed by atoms with Crippen molar-refractivity contribution in [3.05, 3.63) is 29.3 Å². The first-order valence-corrected chi connectivity index (χ1v) is 5.71.